The van der Waals surface area contributed by atoms with E-state index in [1.807, 2.05) is 17.5 Å². The molecule has 1 aliphatic heterocycles. The van der Waals surface area contributed by atoms with Crippen LogP contribution in [0.5, 0.6) is 0 Å². The fourth-order valence-corrected chi connectivity index (χ4v) is 5.73. The molecule has 2 heterocycles. The molecule has 3 rings (SSSR count). The van der Waals surface area contributed by atoms with Crippen LogP contribution in [0.1, 0.15) is 28.8 Å². The summed E-state index contributed by atoms with van der Waals surface area (Å²) in [5, 5.41) is 13.1. The van der Waals surface area contributed by atoms with Gasteiger partial charge < -0.3 is 4.74 Å². The number of aryl methyl sites for hydroxylation is 1. The van der Waals surface area contributed by atoms with Crippen LogP contribution in [-0.2, 0) is 21.3 Å². The molecule has 0 spiro atoms. The average Bonchev–Trinajstić information content (AvgIpc) is 3.30. The minimum Gasteiger partial charge on any atom is -0.377 e. The summed E-state index contributed by atoms with van der Waals surface area (Å²) >= 11 is 1.48. The van der Waals surface area contributed by atoms with Crippen LogP contribution in [0.25, 0.3) is 0 Å². The molecule has 9 heteroatoms. The molecule has 0 bridgehead atoms. The molecule has 7 nitrogen and oxygen atoms in total. The lowest BCUT2D eigenvalue weighted by Gasteiger charge is -2.25. The molecule has 0 unspecified atom stereocenters. The molecule has 146 valence electrons. The summed E-state index contributed by atoms with van der Waals surface area (Å²) in [6.45, 7) is 4.46. The third kappa shape index (κ3) is 4.37. The van der Waals surface area contributed by atoms with Crippen molar-refractivity contribution >= 4 is 27.0 Å². The number of non-ortho nitro benzene ring substituents is 1. The zero-order valence-corrected chi connectivity index (χ0v) is 16.9. The van der Waals surface area contributed by atoms with E-state index < -0.39 is 14.9 Å². The zero-order valence-electron chi connectivity index (χ0n) is 15.3. The summed E-state index contributed by atoms with van der Waals surface area (Å²) in [4.78, 5) is 11.6. The molecule has 0 radical (unpaired) electrons. The van der Waals surface area contributed by atoms with Gasteiger partial charge in [-0.1, -0.05) is 6.07 Å². The van der Waals surface area contributed by atoms with Gasteiger partial charge in [0.15, 0.2) is 0 Å². The molecule has 1 saturated heterocycles. The summed E-state index contributed by atoms with van der Waals surface area (Å²) in [5.74, 6) is 0. The Kier molecular flexibility index (Phi) is 5.95. The second-order valence-corrected chi connectivity index (χ2v) is 9.59. The first-order valence-electron chi connectivity index (χ1n) is 8.69. The first-order valence-corrected chi connectivity index (χ1v) is 11.0. The van der Waals surface area contributed by atoms with Crippen molar-refractivity contribution < 1.29 is 18.1 Å². The minimum absolute atomic E-state index is 0.0104. The van der Waals surface area contributed by atoms with Gasteiger partial charge in [-0.25, -0.2) is 8.42 Å². The predicted molar refractivity (Wildman–Crippen MR) is 103 cm³/mol. The Balaban J connectivity index is 2.02. The van der Waals surface area contributed by atoms with Crippen molar-refractivity contribution in [3.8, 4) is 0 Å². The number of nitro benzene ring substituents is 1. The second-order valence-electron chi connectivity index (χ2n) is 6.65. The van der Waals surface area contributed by atoms with Crippen molar-refractivity contribution in [2.45, 2.75) is 44.2 Å². The van der Waals surface area contributed by atoms with Crippen molar-refractivity contribution in [3.63, 3.8) is 0 Å². The maximum absolute atomic E-state index is 13.4. The van der Waals surface area contributed by atoms with Gasteiger partial charge in [-0.2, -0.15) is 4.31 Å². The molecule has 1 fully saturated rings. The predicted octanol–water partition coefficient (Wildman–Crippen LogP) is 3.64. The first kappa shape index (κ1) is 19.9. The highest BCUT2D eigenvalue weighted by Crippen LogP contribution is 2.30. The van der Waals surface area contributed by atoms with Crippen LogP contribution in [0.2, 0.25) is 0 Å². The summed E-state index contributed by atoms with van der Waals surface area (Å²) in [7, 11) is -3.92. The fraction of sp³-hybridized carbons (Fsp3) is 0.444. The number of sulfonamides is 1. The van der Waals surface area contributed by atoms with Crippen LogP contribution < -0.4 is 0 Å². The lowest BCUT2D eigenvalue weighted by Crippen LogP contribution is -2.37. The van der Waals surface area contributed by atoms with Crippen molar-refractivity contribution in [2.75, 3.05) is 13.2 Å². The van der Waals surface area contributed by atoms with E-state index in [-0.39, 0.29) is 29.8 Å². The number of benzene rings is 1. The summed E-state index contributed by atoms with van der Waals surface area (Å²) in [6, 6.07) is 6.32. The Morgan fingerprint density at radius 3 is 2.74 bits per heavy atom. The SMILES string of the molecule is Cc1cc([N+](=O)[O-])cc(S(=O)(=O)N(Cc2cccs2)C[C@H]2CCCO2)c1C. The van der Waals surface area contributed by atoms with Gasteiger partial charge in [-0.15, -0.1) is 11.3 Å². The van der Waals surface area contributed by atoms with E-state index in [4.69, 9.17) is 4.74 Å². The number of hydrogen-bond acceptors (Lipinski definition) is 6. The molecule has 0 amide bonds. The summed E-state index contributed by atoms with van der Waals surface area (Å²) in [5.41, 5.74) is 0.893. The van der Waals surface area contributed by atoms with Crippen molar-refractivity contribution in [1.29, 1.82) is 0 Å². The van der Waals surface area contributed by atoms with E-state index in [2.05, 4.69) is 0 Å². The van der Waals surface area contributed by atoms with Gasteiger partial charge in [0.05, 0.1) is 15.9 Å². The van der Waals surface area contributed by atoms with Crippen LogP contribution in [0, 0.1) is 24.0 Å². The van der Waals surface area contributed by atoms with Crippen molar-refractivity contribution in [2.24, 2.45) is 0 Å². The van der Waals surface area contributed by atoms with E-state index in [1.54, 1.807) is 13.8 Å². The lowest BCUT2D eigenvalue weighted by atomic mass is 10.1. The average molecular weight is 411 g/mol. The standard InChI is InChI=1S/C18H22N2O5S2/c1-13-9-15(20(21)22)10-18(14(13)2)27(23,24)19(11-16-5-3-7-25-16)12-17-6-4-8-26-17/h4,6,8-10,16H,3,5,7,11-12H2,1-2H3/t16-/m1/s1. The van der Waals surface area contributed by atoms with Crippen LogP contribution in [0.15, 0.2) is 34.5 Å². The van der Waals surface area contributed by atoms with Gasteiger partial charge in [0.1, 0.15) is 0 Å². The van der Waals surface area contributed by atoms with Crippen LogP contribution in [-0.4, -0.2) is 36.9 Å². The Morgan fingerprint density at radius 2 is 2.15 bits per heavy atom. The van der Waals surface area contributed by atoms with Gasteiger partial charge in [-0.05, 0) is 49.3 Å². The molecule has 1 atom stereocenters. The van der Waals surface area contributed by atoms with E-state index in [0.717, 1.165) is 23.8 Å². The highest BCUT2D eigenvalue weighted by molar-refractivity contribution is 7.89. The smallest absolute Gasteiger partial charge is 0.271 e. The van der Waals surface area contributed by atoms with Gasteiger partial charge in [-0.3, -0.25) is 10.1 Å². The molecule has 1 aromatic heterocycles. The Morgan fingerprint density at radius 1 is 1.37 bits per heavy atom. The van der Waals surface area contributed by atoms with Gasteiger partial charge in [0.2, 0.25) is 10.0 Å². The fourth-order valence-electron chi connectivity index (χ4n) is 3.16. The molecule has 0 aliphatic carbocycles. The maximum atomic E-state index is 13.4. The Bertz CT molecular complexity index is 919. The number of thiophene rings is 1. The van der Waals surface area contributed by atoms with E-state index in [1.165, 1.54) is 21.7 Å². The van der Waals surface area contributed by atoms with E-state index in [0.29, 0.717) is 17.7 Å². The van der Waals surface area contributed by atoms with E-state index in [9.17, 15) is 18.5 Å². The summed E-state index contributed by atoms with van der Waals surface area (Å²) in [6.07, 6.45) is 1.57. The number of nitrogens with zero attached hydrogens (tertiary/aromatic N) is 2. The van der Waals surface area contributed by atoms with Crippen molar-refractivity contribution in [3.05, 3.63) is 55.8 Å². The molecule has 1 aromatic carbocycles. The third-order valence-electron chi connectivity index (χ3n) is 4.78. The quantitative estimate of drug-likeness (QED) is 0.513. The van der Waals surface area contributed by atoms with Crippen LogP contribution in [0.3, 0.4) is 0 Å². The monoisotopic (exact) mass is 410 g/mol. The highest BCUT2D eigenvalue weighted by Gasteiger charge is 2.32. The minimum atomic E-state index is -3.92. The second kappa shape index (κ2) is 8.05. The normalized spacial score (nSPS) is 17.5. The van der Waals surface area contributed by atoms with Gasteiger partial charge >= 0.3 is 0 Å². The molecular formula is C18H22N2O5S2. The largest absolute Gasteiger partial charge is 0.377 e. The number of rotatable bonds is 7. The molecule has 1 aliphatic rings. The van der Waals surface area contributed by atoms with Gasteiger partial charge in [0.25, 0.3) is 5.69 Å². The first-order chi connectivity index (χ1) is 12.8. The van der Waals surface area contributed by atoms with Gasteiger partial charge in [0, 0.05) is 36.7 Å². The molecular weight excluding hydrogens is 388 g/mol. The molecule has 0 saturated carbocycles. The topological polar surface area (TPSA) is 89.8 Å². The number of ether oxygens (including phenoxy) is 1. The maximum Gasteiger partial charge on any atom is 0.271 e. The summed E-state index contributed by atoms with van der Waals surface area (Å²) < 4.78 is 33.9. The van der Waals surface area contributed by atoms with Crippen LogP contribution in [0.4, 0.5) is 5.69 Å². The molecule has 0 N–H and O–H groups in total. The van der Waals surface area contributed by atoms with Crippen LogP contribution >= 0.6 is 11.3 Å². The highest BCUT2D eigenvalue weighted by atomic mass is 32.2. The lowest BCUT2D eigenvalue weighted by molar-refractivity contribution is -0.385. The Labute approximate surface area is 162 Å². The molecule has 27 heavy (non-hydrogen) atoms. The number of nitro groups is 1. The Hall–Kier alpha value is -1.81. The number of hydrogen-bond donors (Lipinski definition) is 0. The molecule has 2 aromatic rings. The van der Waals surface area contributed by atoms with E-state index >= 15 is 0 Å². The van der Waals surface area contributed by atoms with Crippen molar-refractivity contribution in [1.82, 2.24) is 4.31 Å². The third-order valence-corrected chi connectivity index (χ3v) is 7.58. The zero-order chi connectivity index (χ0) is 19.6.